The fraction of sp³-hybridized carbons (Fsp3) is 0.516. The third kappa shape index (κ3) is 13.3. The van der Waals surface area contributed by atoms with Crippen LogP contribution in [0.25, 0.3) is 11.2 Å². The van der Waals surface area contributed by atoms with Gasteiger partial charge in [0.15, 0.2) is 11.5 Å². The Morgan fingerprint density at radius 1 is 1.06 bits per heavy atom. The molecule has 19 heteroatoms. The number of aliphatic carboxylic acids is 1. The van der Waals surface area contributed by atoms with Crippen molar-refractivity contribution >= 4 is 85.0 Å². The monoisotopic (exact) mass is 801 g/mol. The minimum absolute atomic E-state index is 0. The van der Waals surface area contributed by atoms with Crippen LogP contribution in [0.2, 0.25) is 0 Å². The lowest BCUT2D eigenvalue weighted by atomic mass is 10.0. The van der Waals surface area contributed by atoms with Crippen LogP contribution in [0, 0.1) is 0 Å². The first kappa shape index (κ1) is 47.0. The predicted molar refractivity (Wildman–Crippen MR) is 206 cm³/mol. The van der Waals surface area contributed by atoms with Crippen molar-refractivity contribution in [1.82, 2.24) is 39.3 Å². The van der Waals surface area contributed by atoms with Crippen molar-refractivity contribution < 1.29 is 19.4 Å². The highest BCUT2D eigenvalue weighted by Gasteiger charge is 2.25. The first-order valence-electron chi connectivity index (χ1n) is 15.7. The van der Waals surface area contributed by atoms with E-state index in [1.165, 1.54) is 0 Å². The molecule has 5 rings (SSSR count). The number of hydrogen-bond acceptors (Lipinski definition) is 10. The molecule has 1 saturated heterocycles. The lowest BCUT2D eigenvalue weighted by Gasteiger charge is -2.38. The fourth-order valence-electron chi connectivity index (χ4n) is 5.74. The van der Waals surface area contributed by atoms with Gasteiger partial charge in [0.1, 0.15) is 17.9 Å². The number of H-pyrrole nitrogens is 2. The molecular weight excluding hydrogens is 756 g/mol. The fourth-order valence-corrected chi connectivity index (χ4v) is 5.74. The van der Waals surface area contributed by atoms with Gasteiger partial charge in [-0.05, 0) is 56.5 Å². The molecule has 0 atom stereocenters. The second kappa shape index (κ2) is 23.5. The van der Waals surface area contributed by atoms with Crippen LogP contribution in [0.4, 0.5) is 5.82 Å². The Labute approximate surface area is 322 Å². The Kier molecular flexibility index (Phi) is 22.1. The number of nitrogens with zero attached hydrogens (tertiary/aromatic N) is 6. The van der Waals surface area contributed by atoms with E-state index in [-0.39, 0.29) is 86.0 Å². The van der Waals surface area contributed by atoms with Crippen molar-refractivity contribution in [3.63, 3.8) is 0 Å². The zero-order valence-electron chi connectivity index (χ0n) is 27.8. The second-order valence-corrected chi connectivity index (χ2v) is 11.4. The zero-order chi connectivity index (χ0) is 31.6. The Balaban J connectivity index is 0.00000480. The molecule has 1 fully saturated rings. The Hall–Kier alpha value is -2.98. The van der Waals surface area contributed by atoms with Gasteiger partial charge in [-0.2, -0.15) is 9.97 Å². The predicted octanol–water partition coefficient (Wildman–Crippen LogP) is 4.78. The van der Waals surface area contributed by atoms with Gasteiger partial charge in [0.25, 0.3) is 0 Å². The van der Waals surface area contributed by atoms with Crippen LogP contribution in [-0.4, -0.2) is 95.8 Å². The Morgan fingerprint density at radius 3 is 2.50 bits per heavy atom. The number of hydrogen-bond donors (Lipinski definition) is 4. The maximum atomic E-state index is 12.8. The van der Waals surface area contributed by atoms with Gasteiger partial charge in [0.2, 0.25) is 0 Å². The summed E-state index contributed by atoms with van der Waals surface area (Å²) in [6.07, 6.45) is 8.17. The highest BCUT2D eigenvalue weighted by atomic mass is 35.5. The molecule has 1 aliphatic heterocycles. The normalized spacial score (nSPS) is 12.9. The van der Waals surface area contributed by atoms with Crippen LogP contribution in [0.15, 0.2) is 41.6 Å². The number of nitrogen functional groups attached to an aromatic ring is 1. The smallest absolute Gasteiger partial charge is 0.327 e. The van der Waals surface area contributed by atoms with Gasteiger partial charge in [-0.25, -0.2) is 9.78 Å². The van der Waals surface area contributed by atoms with E-state index in [4.69, 9.17) is 20.3 Å². The number of carbonyl (C=O) groups is 1. The molecule has 5 N–H and O–H groups in total. The number of carboxylic acid groups (broad SMARTS) is 1. The van der Waals surface area contributed by atoms with Crippen molar-refractivity contribution in [3.8, 4) is 11.8 Å². The van der Waals surface area contributed by atoms with Crippen LogP contribution in [0.5, 0.6) is 11.8 Å². The van der Waals surface area contributed by atoms with Crippen LogP contribution in [-0.2, 0) is 24.3 Å². The number of likely N-dealkylation sites (tertiary alicyclic amines) is 1. The van der Waals surface area contributed by atoms with E-state index in [2.05, 4.69) is 41.6 Å². The first-order chi connectivity index (χ1) is 21.9. The average molecular weight is 804 g/mol. The highest BCUT2D eigenvalue weighted by molar-refractivity contribution is 5.86. The number of aryl methyl sites for hydroxylation is 1. The first-order valence-corrected chi connectivity index (χ1v) is 15.7. The SMILES string of the molecule is CCCCOc1nc(N)c2[nH]c(=O)n(CCCN(Cc3cnc[nH]3)C3CCN(CCOc4cccc(CC(=O)O)c4)CC3)c2n1.Cl.Cl.Cl.Cl.Cl. The van der Waals surface area contributed by atoms with E-state index in [0.717, 1.165) is 76.1 Å². The summed E-state index contributed by atoms with van der Waals surface area (Å²) in [6, 6.07) is 7.84. The van der Waals surface area contributed by atoms with E-state index < -0.39 is 5.97 Å². The molecule has 4 heterocycles. The van der Waals surface area contributed by atoms with Crippen molar-refractivity contribution in [2.45, 2.75) is 64.6 Å². The number of imidazole rings is 2. The van der Waals surface area contributed by atoms with Gasteiger partial charge in [-0.1, -0.05) is 25.5 Å². The molecule has 0 bridgehead atoms. The summed E-state index contributed by atoms with van der Waals surface area (Å²) in [5.41, 5.74) is 8.53. The van der Waals surface area contributed by atoms with E-state index in [9.17, 15) is 9.59 Å². The third-order valence-electron chi connectivity index (χ3n) is 8.12. The molecule has 3 aromatic heterocycles. The Morgan fingerprint density at radius 2 is 1.82 bits per heavy atom. The number of carboxylic acids is 1. The minimum Gasteiger partial charge on any atom is -0.492 e. The molecule has 0 radical (unpaired) electrons. The molecule has 0 spiro atoms. The van der Waals surface area contributed by atoms with Gasteiger partial charge in [0.05, 0.1) is 19.4 Å². The number of piperidine rings is 1. The average Bonchev–Trinajstić information content (AvgIpc) is 3.65. The number of aromatic nitrogens is 6. The topological polar surface area (TPSA) is 181 Å². The molecule has 282 valence electrons. The summed E-state index contributed by atoms with van der Waals surface area (Å²) in [6.45, 7) is 7.83. The summed E-state index contributed by atoms with van der Waals surface area (Å²) in [7, 11) is 0. The van der Waals surface area contributed by atoms with Crippen LogP contribution < -0.4 is 20.9 Å². The van der Waals surface area contributed by atoms with E-state index in [0.29, 0.717) is 42.7 Å². The van der Waals surface area contributed by atoms with Gasteiger partial charge in [-0.15, -0.1) is 62.0 Å². The quantitative estimate of drug-likeness (QED) is 0.108. The van der Waals surface area contributed by atoms with Gasteiger partial charge in [0, 0.05) is 44.1 Å². The number of benzene rings is 1. The largest absolute Gasteiger partial charge is 0.492 e. The summed E-state index contributed by atoms with van der Waals surface area (Å²) >= 11 is 0. The number of rotatable bonds is 17. The molecule has 1 aromatic carbocycles. The van der Waals surface area contributed by atoms with Crippen molar-refractivity contribution in [3.05, 3.63) is 58.5 Å². The number of aromatic amines is 2. The maximum Gasteiger partial charge on any atom is 0.327 e. The van der Waals surface area contributed by atoms with Gasteiger partial charge in [-0.3, -0.25) is 19.2 Å². The van der Waals surface area contributed by atoms with E-state index in [1.54, 1.807) is 23.0 Å². The number of anilines is 1. The number of ether oxygens (including phenoxy) is 2. The molecule has 1 aliphatic rings. The minimum atomic E-state index is -0.856. The third-order valence-corrected chi connectivity index (χ3v) is 8.12. The summed E-state index contributed by atoms with van der Waals surface area (Å²) < 4.78 is 13.2. The molecule has 0 unspecified atom stereocenters. The standard InChI is InChI=1S/C31H43N9O5.5ClH/c1-2-3-15-45-30-36-28(32)27-29(37-30)40(31(43)35-27)11-5-10-39(20-23-19-33-21-34-23)24-8-12-38(13-9-24)14-16-44-25-7-4-6-22(17-25)18-26(41)42;;;;;/h4,6-7,17,19,21,24H,2-3,5,8-16,18,20H2,1H3,(H,33,34)(H,35,43)(H,41,42)(H2,32,36,37);5*1H. The molecular formula is C31H48Cl5N9O5. The number of nitrogens with one attached hydrogen (secondary N) is 2. The number of nitrogens with two attached hydrogens (primary N) is 1. The highest BCUT2D eigenvalue weighted by Crippen LogP contribution is 2.21. The van der Waals surface area contributed by atoms with Crippen molar-refractivity contribution in [2.24, 2.45) is 0 Å². The van der Waals surface area contributed by atoms with Crippen LogP contribution in [0.1, 0.15) is 50.3 Å². The van der Waals surface area contributed by atoms with Crippen LogP contribution in [0.3, 0.4) is 0 Å². The molecule has 4 aromatic rings. The Bertz CT molecular complexity index is 1600. The van der Waals surface area contributed by atoms with E-state index in [1.807, 2.05) is 18.3 Å². The summed E-state index contributed by atoms with van der Waals surface area (Å²) in [5, 5.41) is 9.04. The van der Waals surface area contributed by atoms with E-state index >= 15 is 0 Å². The number of unbranched alkanes of at least 4 members (excludes halogenated alkanes) is 1. The van der Waals surface area contributed by atoms with Crippen molar-refractivity contribution in [1.29, 1.82) is 0 Å². The van der Waals surface area contributed by atoms with Gasteiger partial charge >= 0.3 is 17.7 Å². The molecule has 50 heavy (non-hydrogen) atoms. The van der Waals surface area contributed by atoms with Crippen molar-refractivity contribution in [2.75, 3.05) is 45.1 Å². The number of halogens is 5. The maximum absolute atomic E-state index is 12.8. The lowest BCUT2D eigenvalue weighted by molar-refractivity contribution is -0.136. The second-order valence-electron chi connectivity index (χ2n) is 11.4. The van der Waals surface area contributed by atoms with Gasteiger partial charge < -0.3 is 30.3 Å². The summed E-state index contributed by atoms with van der Waals surface area (Å²) in [5.74, 6) is 0.0372. The molecule has 0 aliphatic carbocycles. The molecule has 0 saturated carbocycles. The number of fused-ring (bicyclic) bond motifs is 1. The molecule has 0 amide bonds. The van der Waals surface area contributed by atoms with Crippen LogP contribution >= 0.6 is 62.0 Å². The summed E-state index contributed by atoms with van der Waals surface area (Å²) in [4.78, 5) is 47.7. The zero-order valence-corrected chi connectivity index (χ0v) is 31.9. The molecule has 14 nitrogen and oxygen atoms in total. The lowest BCUT2D eigenvalue weighted by Crippen LogP contribution is -2.46.